The van der Waals surface area contributed by atoms with E-state index < -0.39 is 26.6 Å². The average molecular weight is 385 g/mol. The summed E-state index contributed by atoms with van der Waals surface area (Å²) in [5.41, 5.74) is 5.56. The highest BCUT2D eigenvalue weighted by Crippen LogP contribution is 2.27. The molecule has 2 rings (SSSR count). The van der Waals surface area contributed by atoms with Gasteiger partial charge < -0.3 is 5.73 Å². The van der Waals surface area contributed by atoms with Crippen LogP contribution in [0.4, 0.5) is 4.39 Å². The van der Waals surface area contributed by atoms with Crippen molar-refractivity contribution in [3.05, 3.63) is 28.0 Å². The van der Waals surface area contributed by atoms with Crippen LogP contribution in [0.25, 0.3) is 0 Å². The molecule has 0 aromatic heterocycles. The molecule has 9 heteroatoms. The fraction of sp³-hybridized carbons (Fsp3) is 0.455. The minimum absolute atomic E-state index is 0.0855. The minimum Gasteiger partial charge on any atom is -0.326 e. The Morgan fingerprint density at radius 1 is 1.35 bits per heavy atom. The zero-order valence-corrected chi connectivity index (χ0v) is 13.7. The summed E-state index contributed by atoms with van der Waals surface area (Å²) in [7, 11) is -4.93. The van der Waals surface area contributed by atoms with Crippen LogP contribution < -0.4 is 5.73 Å². The summed E-state index contributed by atoms with van der Waals surface area (Å²) in [6.45, 7) is 0.190. The zero-order valence-electron chi connectivity index (χ0n) is 10.5. The molecular formula is C11H14BrFN2O3S2. The topological polar surface area (TPSA) is 80.5 Å². The lowest BCUT2D eigenvalue weighted by Gasteiger charge is -2.26. The second kappa shape index (κ2) is 6.18. The largest absolute Gasteiger partial charge is 0.326 e. The molecule has 0 spiro atoms. The molecule has 2 N–H and O–H groups in total. The van der Waals surface area contributed by atoms with E-state index in [0.29, 0.717) is 4.47 Å². The fourth-order valence-corrected chi connectivity index (χ4v) is 5.47. The van der Waals surface area contributed by atoms with Crippen LogP contribution in [-0.2, 0) is 27.4 Å². The maximum absolute atomic E-state index is 14.2. The Morgan fingerprint density at radius 3 is 2.50 bits per heavy atom. The van der Waals surface area contributed by atoms with E-state index in [1.807, 2.05) is 0 Å². The smallest absolute Gasteiger partial charge is 0.246 e. The molecule has 0 atom stereocenters. The lowest BCUT2D eigenvalue weighted by Crippen LogP contribution is -2.42. The van der Waals surface area contributed by atoms with Crippen molar-refractivity contribution in [1.29, 1.82) is 0 Å². The Hall–Kier alpha value is -0.350. The van der Waals surface area contributed by atoms with E-state index in [-0.39, 0.29) is 41.6 Å². The van der Waals surface area contributed by atoms with Gasteiger partial charge in [-0.05, 0) is 12.1 Å². The number of hydrogen-bond donors (Lipinski definition) is 1. The van der Waals surface area contributed by atoms with Crippen LogP contribution in [-0.4, -0.2) is 41.5 Å². The number of halogens is 2. The number of nitrogens with two attached hydrogens (primary N) is 1. The van der Waals surface area contributed by atoms with Gasteiger partial charge in [0.05, 0.1) is 0 Å². The van der Waals surface area contributed by atoms with Crippen molar-refractivity contribution in [2.75, 3.05) is 24.6 Å². The van der Waals surface area contributed by atoms with E-state index in [2.05, 4.69) is 15.9 Å². The first-order valence-corrected chi connectivity index (χ1v) is 9.61. The van der Waals surface area contributed by atoms with Gasteiger partial charge in [0.25, 0.3) is 0 Å². The van der Waals surface area contributed by atoms with Gasteiger partial charge in [-0.2, -0.15) is 4.31 Å². The van der Waals surface area contributed by atoms with Crippen LogP contribution in [0.2, 0.25) is 0 Å². The molecule has 0 bridgehead atoms. The van der Waals surface area contributed by atoms with E-state index in [1.165, 1.54) is 16.4 Å². The van der Waals surface area contributed by atoms with E-state index in [0.717, 1.165) is 0 Å². The molecule has 1 aliphatic heterocycles. The molecule has 5 nitrogen and oxygen atoms in total. The molecule has 0 aliphatic carbocycles. The number of hydrogen-bond acceptors (Lipinski definition) is 4. The minimum atomic E-state index is -3.93. The third-order valence-corrected chi connectivity index (χ3v) is 6.69. The summed E-state index contributed by atoms with van der Waals surface area (Å²) in [5, 5.41) is 0. The summed E-state index contributed by atoms with van der Waals surface area (Å²) < 4.78 is 52.0. The number of sulfonamides is 1. The fourth-order valence-electron chi connectivity index (χ4n) is 1.96. The third kappa shape index (κ3) is 3.11. The van der Waals surface area contributed by atoms with Crippen molar-refractivity contribution in [1.82, 2.24) is 4.31 Å². The van der Waals surface area contributed by atoms with Crippen molar-refractivity contribution in [3.63, 3.8) is 0 Å². The lowest BCUT2D eigenvalue weighted by atomic mass is 10.2. The second-order valence-electron chi connectivity index (χ2n) is 4.33. The number of nitrogens with zero attached hydrogens (tertiary/aromatic N) is 1. The van der Waals surface area contributed by atoms with Crippen molar-refractivity contribution < 1.29 is 17.0 Å². The van der Waals surface area contributed by atoms with Gasteiger partial charge in [-0.25, -0.2) is 12.8 Å². The summed E-state index contributed by atoms with van der Waals surface area (Å²) in [6, 6.07) is 2.69. The molecule has 1 aliphatic rings. The van der Waals surface area contributed by atoms with Gasteiger partial charge in [-0.3, -0.25) is 4.21 Å². The highest BCUT2D eigenvalue weighted by Gasteiger charge is 2.31. The summed E-state index contributed by atoms with van der Waals surface area (Å²) in [6.07, 6.45) is 0. The van der Waals surface area contributed by atoms with Crippen LogP contribution >= 0.6 is 15.9 Å². The second-order valence-corrected chi connectivity index (χ2v) is 8.85. The van der Waals surface area contributed by atoms with Crippen LogP contribution in [0.3, 0.4) is 0 Å². The zero-order chi connectivity index (χ0) is 14.9. The van der Waals surface area contributed by atoms with Gasteiger partial charge in [-0.1, -0.05) is 15.9 Å². The van der Waals surface area contributed by atoms with Crippen LogP contribution in [0.1, 0.15) is 5.56 Å². The molecule has 112 valence electrons. The molecule has 0 saturated carbocycles. The van der Waals surface area contributed by atoms with E-state index in [9.17, 15) is 17.0 Å². The first-order valence-electron chi connectivity index (χ1n) is 5.89. The molecule has 0 unspecified atom stereocenters. The van der Waals surface area contributed by atoms with Gasteiger partial charge in [0.2, 0.25) is 10.0 Å². The molecule has 1 fully saturated rings. The summed E-state index contributed by atoms with van der Waals surface area (Å²) in [5.74, 6) is -0.264. The van der Waals surface area contributed by atoms with E-state index in [4.69, 9.17) is 5.73 Å². The van der Waals surface area contributed by atoms with Crippen LogP contribution in [0, 0.1) is 5.82 Å². The molecule has 1 aromatic carbocycles. The normalized spacial score (nSPS) is 18.4. The van der Waals surface area contributed by atoms with Gasteiger partial charge in [0.1, 0.15) is 10.7 Å². The van der Waals surface area contributed by atoms with Crippen molar-refractivity contribution in [2.45, 2.75) is 11.4 Å². The first kappa shape index (κ1) is 16.0. The summed E-state index contributed by atoms with van der Waals surface area (Å²) in [4.78, 5) is -0.389. The van der Waals surface area contributed by atoms with E-state index in [1.54, 1.807) is 0 Å². The summed E-state index contributed by atoms with van der Waals surface area (Å²) >= 11 is 3.16. The number of rotatable bonds is 3. The van der Waals surface area contributed by atoms with Crippen molar-refractivity contribution in [2.24, 2.45) is 5.73 Å². The SMILES string of the molecule is NCc1cc(Br)cc(S(=O)(=O)N2CCS(=O)CC2)c1F. The lowest BCUT2D eigenvalue weighted by molar-refractivity contribution is 0.433. The Balaban J connectivity index is 2.44. The van der Waals surface area contributed by atoms with Gasteiger partial charge >= 0.3 is 0 Å². The molecule has 0 amide bonds. The van der Waals surface area contributed by atoms with Gasteiger partial charge in [-0.15, -0.1) is 0 Å². The standard InChI is InChI=1S/C11H14BrFN2O3S2/c12-9-5-8(7-14)11(13)10(6-9)20(17,18)15-1-3-19(16)4-2-15/h5-6H,1-4,7,14H2. The highest BCUT2D eigenvalue weighted by atomic mass is 79.9. The van der Waals surface area contributed by atoms with Crippen LogP contribution in [0.15, 0.2) is 21.5 Å². The average Bonchev–Trinajstić information content (AvgIpc) is 2.41. The molecule has 1 saturated heterocycles. The van der Waals surface area contributed by atoms with Crippen LogP contribution in [0.5, 0.6) is 0 Å². The molecule has 20 heavy (non-hydrogen) atoms. The Kier molecular flexibility index (Phi) is 4.96. The third-order valence-electron chi connectivity index (χ3n) is 3.05. The van der Waals surface area contributed by atoms with Crippen molar-refractivity contribution in [3.8, 4) is 0 Å². The van der Waals surface area contributed by atoms with Gasteiger partial charge in [0, 0.05) is 52.0 Å². The van der Waals surface area contributed by atoms with Gasteiger partial charge in [0.15, 0.2) is 0 Å². The monoisotopic (exact) mass is 384 g/mol. The van der Waals surface area contributed by atoms with Crippen molar-refractivity contribution >= 4 is 36.8 Å². The Bertz CT molecular complexity index is 641. The molecule has 1 aromatic rings. The first-order chi connectivity index (χ1) is 9.36. The Labute approximate surface area is 128 Å². The maximum atomic E-state index is 14.2. The predicted molar refractivity (Wildman–Crippen MR) is 78.6 cm³/mol. The number of benzene rings is 1. The molecule has 1 heterocycles. The Morgan fingerprint density at radius 2 is 1.95 bits per heavy atom. The molecule has 0 radical (unpaired) electrons. The highest BCUT2D eigenvalue weighted by molar-refractivity contribution is 9.10. The predicted octanol–water partition coefficient (Wildman–Crippen LogP) is 0.800. The molecular weight excluding hydrogens is 371 g/mol. The quantitative estimate of drug-likeness (QED) is 0.835. The maximum Gasteiger partial charge on any atom is 0.246 e. The van der Waals surface area contributed by atoms with E-state index >= 15 is 0 Å².